The average molecular weight is 447 g/mol. The van der Waals surface area contributed by atoms with Crippen LogP contribution in [0.2, 0.25) is 0 Å². The van der Waals surface area contributed by atoms with E-state index in [0.717, 1.165) is 24.3 Å². The SMILES string of the molecule is C=Cc1cccc(Oc2cccc(C=C)c2CCCCCCCC)c1CCCCCCCC. The molecule has 0 aliphatic rings. The van der Waals surface area contributed by atoms with Gasteiger partial charge in [0.1, 0.15) is 11.5 Å². The summed E-state index contributed by atoms with van der Waals surface area (Å²) in [5, 5.41) is 0. The molecule has 1 heteroatoms. The molecule has 2 rings (SSSR count). The first-order chi connectivity index (χ1) is 16.2. The van der Waals surface area contributed by atoms with E-state index in [1.54, 1.807) is 0 Å². The first-order valence-electron chi connectivity index (χ1n) is 13.4. The van der Waals surface area contributed by atoms with Crippen LogP contribution in [0, 0.1) is 0 Å². The zero-order valence-corrected chi connectivity index (χ0v) is 21.3. The van der Waals surface area contributed by atoms with Crippen molar-refractivity contribution >= 4 is 12.2 Å². The number of ether oxygens (including phenoxy) is 1. The van der Waals surface area contributed by atoms with Crippen LogP contribution in [0.4, 0.5) is 0 Å². The Labute approximate surface area is 204 Å². The van der Waals surface area contributed by atoms with Gasteiger partial charge < -0.3 is 4.74 Å². The third-order valence-corrected chi connectivity index (χ3v) is 6.56. The molecule has 0 saturated heterocycles. The highest BCUT2D eigenvalue weighted by Gasteiger charge is 2.13. The van der Waals surface area contributed by atoms with Gasteiger partial charge in [0.2, 0.25) is 0 Å². The maximum atomic E-state index is 6.62. The summed E-state index contributed by atoms with van der Waals surface area (Å²) in [4.78, 5) is 0. The molecule has 0 aliphatic carbocycles. The van der Waals surface area contributed by atoms with Crippen molar-refractivity contribution in [2.24, 2.45) is 0 Å². The molecule has 0 fully saturated rings. The molecular weight excluding hydrogens is 400 g/mol. The van der Waals surface area contributed by atoms with Crippen LogP contribution in [0.25, 0.3) is 12.2 Å². The Balaban J connectivity index is 2.13. The van der Waals surface area contributed by atoms with E-state index in [1.165, 1.54) is 99.3 Å². The molecule has 0 spiro atoms. The van der Waals surface area contributed by atoms with E-state index in [9.17, 15) is 0 Å². The molecular formula is C32H46O. The molecule has 0 radical (unpaired) electrons. The van der Waals surface area contributed by atoms with Gasteiger partial charge in [-0.05, 0) is 48.9 Å². The van der Waals surface area contributed by atoms with E-state index in [2.05, 4.69) is 63.4 Å². The number of rotatable bonds is 18. The Hall–Kier alpha value is -2.28. The van der Waals surface area contributed by atoms with Gasteiger partial charge in [0, 0.05) is 11.1 Å². The Morgan fingerprint density at radius 3 is 1.36 bits per heavy atom. The molecule has 0 heterocycles. The topological polar surface area (TPSA) is 9.23 Å². The van der Waals surface area contributed by atoms with E-state index >= 15 is 0 Å². The van der Waals surface area contributed by atoms with Gasteiger partial charge in [-0.25, -0.2) is 0 Å². The molecule has 0 amide bonds. The summed E-state index contributed by atoms with van der Waals surface area (Å²) in [7, 11) is 0. The van der Waals surface area contributed by atoms with Crippen LogP contribution in [0.15, 0.2) is 49.6 Å². The predicted octanol–water partition coefficient (Wildman–Crippen LogP) is 10.6. The highest BCUT2D eigenvalue weighted by Crippen LogP contribution is 2.34. The lowest BCUT2D eigenvalue weighted by atomic mass is 9.98. The molecule has 33 heavy (non-hydrogen) atoms. The molecule has 2 aromatic rings. The van der Waals surface area contributed by atoms with Gasteiger partial charge in [0.15, 0.2) is 0 Å². The maximum Gasteiger partial charge on any atom is 0.131 e. The molecule has 0 aliphatic heterocycles. The van der Waals surface area contributed by atoms with Gasteiger partial charge in [-0.3, -0.25) is 0 Å². The number of unbranched alkanes of at least 4 members (excludes halogenated alkanes) is 10. The van der Waals surface area contributed by atoms with Gasteiger partial charge >= 0.3 is 0 Å². The third-order valence-electron chi connectivity index (χ3n) is 6.56. The van der Waals surface area contributed by atoms with Crippen molar-refractivity contribution in [3.63, 3.8) is 0 Å². The zero-order chi connectivity index (χ0) is 23.7. The summed E-state index contributed by atoms with van der Waals surface area (Å²) in [6.07, 6.45) is 21.6. The van der Waals surface area contributed by atoms with Crippen molar-refractivity contribution in [3.05, 3.63) is 71.8 Å². The Morgan fingerprint density at radius 2 is 0.970 bits per heavy atom. The zero-order valence-electron chi connectivity index (χ0n) is 21.3. The lowest BCUT2D eigenvalue weighted by molar-refractivity contribution is 0.465. The van der Waals surface area contributed by atoms with Gasteiger partial charge in [0.25, 0.3) is 0 Å². The highest BCUT2D eigenvalue weighted by molar-refractivity contribution is 5.60. The summed E-state index contributed by atoms with van der Waals surface area (Å²) in [5.74, 6) is 1.96. The largest absolute Gasteiger partial charge is 0.457 e. The van der Waals surface area contributed by atoms with Crippen molar-refractivity contribution in [1.29, 1.82) is 0 Å². The van der Waals surface area contributed by atoms with Crippen LogP contribution in [-0.2, 0) is 12.8 Å². The van der Waals surface area contributed by atoms with Crippen LogP contribution in [0.5, 0.6) is 11.5 Å². The van der Waals surface area contributed by atoms with Crippen LogP contribution < -0.4 is 4.74 Å². The maximum absolute atomic E-state index is 6.62. The fourth-order valence-corrected chi connectivity index (χ4v) is 4.56. The summed E-state index contributed by atoms with van der Waals surface area (Å²) in [5.41, 5.74) is 4.96. The molecule has 0 unspecified atom stereocenters. The Kier molecular flexibility index (Phi) is 13.4. The molecule has 0 bridgehead atoms. The summed E-state index contributed by atoms with van der Waals surface area (Å²) >= 11 is 0. The van der Waals surface area contributed by atoms with Crippen LogP contribution in [0.1, 0.15) is 113 Å². The summed E-state index contributed by atoms with van der Waals surface area (Å²) in [6, 6.07) is 12.7. The fourth-order valence-electron chi connectivity index (χ4n) is 4.56. The Bertz CT molecular complexity index is 763. The molecule has 0 saturated carbocycles. The summed E-state index contributed by atoms with van der Waals surface area (Å²) in [6.45, 7) is 12.7. The van der Waals surface area contributed by atoms with E-state index in [1.807, 2.05) is 12.2 Å². The molecule has 2 aromatic carbocycles. The van der Waals surface area contributed by atoms with Crippen LogP contribution in [-0.4, -0.2) is 0 Å². The minimum Gasteiger partial charge on any atom is -0.457 e. The lowest BCUT2D eigenvalue weighted by Gasteiger charge is -2.18. The molecule has 0 aromatic heterocycles. The standard InChI is InChI=1S/C32H46O/c1-5-9-11-13-15-17-23-29-27(7-3)21-19-25-31(29)33-32-26-20-22-28(8-4)30(32)24-18-16-14-12-10-6-2/h7-8,19-22,25-26H,3-6,9-18,23-24H2,1-2H3. The normalized spacial score (nSPS) is 10.8. The summed E-state index contributed by atoms with van der Waals surface area (Å²) < 4.78 is 6.62. The first kappa shape index (κ1) is 27.0. The van der Waals surface area contributed by atoms with Crippen molar-refractivity contribution < 1.29 is 4.74 Å². The van der Waals surface area contributed by atoms with Crippen molar-refractivity contribution in [1.82, 2.24) is 0 Å². The number of benzene rings is 2. The second kappa shape index (κ2) is 16.4. The minimum absolute atomic E-state index is 0.978. The van der Waals surface area contributed by atoms with Crippen LogP contribution >= 0.6 is 0 Å². The second-order valence-corrected chi connectivity index (χ2v) is 9.19. The van der Waals surface area contributed by atoms with Gasteiger partial charge in [-0.15, -0.1) is 0 Å². The molecule has 0 atom stereocenters. The molecule has 0 N–H and O–H groups in total. The number of hydrogen-bond acceptors (Lipinski definition) is 1. The second-order valence-electron chi connectivity index (χ2n) is 9.19. The Morgan fingerprint density at radius 1 is 0.576 bits per heavy atom. The van der Waals surface area contributed by atoms with Gasteiger partial charge in [0.05, 0.1) is 0 Å². The van der Waals surface area contributed by atoms with E-state index < -0.39 is 0 Å². The quantitative estimate of drug-likeness (QED) is 0.207. The van der Waals surface area contributed by atoms with Crippen molar-refractivity contribution in [2.45, 2.75) is 104 Å². The van der Waals surface area contributed by atoms with E-state index in [0.29, 0.717) is 0 Å². The average Bonchev–Trinajstić information content (AvgIpc) is 2.84. The van der Waals surface area contributed by atoms with Gasteiger partial charge in [-0.2, -0.15) is 0 Å². The van der Waals surface area contributed by atoms with Crippen LogP contribution in [0.3, 0.4) is 0 Å². The monoisotopic (exact) mass is 446 g/mol. The highest BCUT2D eigenvalue weighted by atomic mass is 16.5. The predicted molar refractivity (Wildman–Crippen MR) is 147 cm³/mol. The van der Waals surface area contributed by atoms with Gasteiger partial charge in [-0.1, -0.05) is 128 Å². The lowest BCUT2D eigenvalue weighted by Crippen LogP contribution is -2.00. The molecule has 180 valence electrons. The first-order valence-corrected chi connectivity index (χ1v) is 13.4. The minimum atomic E-state index is 0.978. The van der Waals surface area contributed by atoms with Crippen molar-refractivity contribution in [3.8, 4) is 11.5 Å². The van der Waals surface area contributed by atoms with Crippen molar-refractivity contribution in [2.75, 3.05) is 0 Å². The number of hydrogen-bond donors (Lipinski definition) is 0. The smallest absolute Gasteiger partial charge is 0.131 e. The van der Waals surface area contributed by atoms with E-state index in [4.69, 9.17) is 4.74 Å². The third kappa shape index (κ3) is 9.24. The van der Waals surface area contributed by atoms with E-state index in [-0.39, 0.29) is 0 Å². The molecule has 1 nitrogen and oxygen atoms in total. The fraction of sp³-hybridized carbons (Fsp3) is 0.500.